The second kappa shape index (κ2) is 7.29. The quantitative estimate of drug-likeness (QED) is 0.737. The summed E-state index contributed by atoms with van der Waals surface area (Å²) in [7, 11) is 0. The number of aryl methyl sites for hydroxylation is 2. The van der Waals surface area contributed by atoms with Crippen LogP contribution in [0.3, 0.4) is 0 Å². The predicted molar refractivity (Wildman–Crippen MR) is 106 cm³/mol. The Hall–Kier alpha value is -2.05. The number of thiophene rings is 1. The molecule has 0 bridgehead atoms. The monoisotopic (exact) mass is 368 g/mol. The van der Waals surface area contributed by atoms with E-state index < -0.39 is 0 Å². The molecule has 0 spiro atoms. The minimum Gasteiger partial charge on any atom is -0.475 e. The van der Waals surface area contributed by atoms with Crippen LogP contribution in [-0.2, 0) is 12.8 Å². The highest BCUT2D eigenvalue weighted by atomic mass is 32.1. The number of nitrogens with two attached hydrogens (primary N) is 1. The number of pyridine rings is 1. The molecular formula is C20H24N4OS. The molecule has 1 atom stereocenters. The first-order valence-corrected chi connectivity index (χ1v) is 10.1. The van der Waals surface area contributed by atoms with Gasteiger partial charge in [0.1, 0.15) is 11.4 Å². The molecule has 1 aliphatic rings. The molecule has 1 aliphatic carbocycles. The second-order valence-corrected chi connectivity index (χ2v) is 8.28. The van der Waals surface area contributed by atoms with Crippen LogP contribution in [0.15, 0.2) is 24.5 Å². The number of hydrogen-bond acceptors (Lipinski definition) is 6. The molecule has 6 heteroatoms. The van der Waals surface area contributed by atoms with Crippen LogP contribution in [0.4, 0.5) is 0 Å². The number of nitrogens with zero attached hydrogens (tertiary/aromatic N) is 3. The molecular weight excluding hydrogens is 344 g/mol. The summed E-state index contributed by atoms with van der Waals surface area (Å²) in [6, 6.07) is 3.84. The first-order chi connectivity index (χ1) is 12.6. The fraction of sp³-hybridized carbons (Fsp3) is 0.450. The summed E-state index contributed by atoms with van der Waals surface area (Å²) in [5.74, 6) is 1.73. The molecule has 26 heavy (non-hydrogen) atoms. The largest absolute Gasteiger partial charge is 0.475 e. The highest BCUT2D eigenvalue weighted by Gasteiger charge is 2.23. The molecule has 0 saturated heterocycles. The van der Waals surface area contributed by atoms with Gasteiger partial charge >= 0.3 is 0 Å². The molecule has 5 nitrogen and oxygen atoms in total. The van der Waals surface area contributed by atoms with E-state index >= 15 is 0 Å². The summed E-state index contributed by atoms with van der Waals surface area (Å²) in [4.78, 5) is 16.2. The Kier molecular flexibility index (Phi) is 4.87. The molecule has 2 N–H and O–H groups in total. The Morgan fingerprint density at radius 2 is 1.92 bits per heavy atom. The molecule has 0 aliphatic heterocycles. The van der Waals surface area contributed by atoms with Gasteiger partial charge in [0, 0.05) is 28.9 Å². The maximum atomic E-state index is 6.20. The highest BCUT2D eigenvalue weighted by molar-refractivity contribution is 7.18. The predicted octanol–water partition coefficient (Wildman–Crippen LogP) is 3.99. The van der Waals surface area contributed by atoms with Crippen LogP contribution >= 0.6 is 11.3 Å². The van der Waals surface area contributed by atoms with Crippen molar-refractivity contribution in [2.45, 2.75) is 45.6 Å². The minimum absolute atomic E-state index is 0.0150. The van der Waals surface area contributed by atoms with E-state index in [0.29, 0.717) is 24.2 Å². The maximum Gasteiger partial charge on any atom is 0.226 e. The third-order valence-electron chi connectivity index (χ3n) is 4.99. The molecule has 3 aromatic heterocycles. The van der Waals surface area contributed by atoms with E-state index in [1.165, 1.54) is 23.3 Å². The van der Waals surface area contributed by atoms with Crippen molar-refractivity contribution in [2.75, 3.05) is 6.61 Å². The van der Waals surface area contributed by atoms with Gasteiger partial charge in [-0.15, -0.1) is 11.3 Å². The fourth-order valence-electron chi connectivity index (χ4n) is 3.23. The van der Waals surface area contributed by atoms with Crippen LogP contribution in [0.5, 0.6) is 5.88 Å². The SMILES string of the molecule is CC(C)C(N)COc1nc(-c2ccncc2)nc2sc3c(c12)CCCC3. The van der Waals surface area contributed by atoms with Crippen LogP contribution in [0.25, 0.3) is 21.6 Å². The van der Waals surface area contributed by atoms with Crippen molar-refractivity contribution in [3.8, 4) is 17.3 Å². The maximum absolute atomic E-state index is 6.20. The average molecular weight is 369 g/mol. The number of ether oxygens (including phenoxy) is 1. The molecule has 0 fully saturated rings. The lowest BCUT2D eigenvalue weighted by molar-refractivity contribution is 0.254. The van der Waals surface area contributed by atoms with E-state index in [1.807, 2.05) is 12.1 Å². The van der Waals surface area contributed by atoms with Crippen LogP contribution in [0.2, 0.25) is 0 Å². The van der Waals surface area contributed by atoms with Crippen molar-refractivity contribution in [3.05, 3.63) is 35.0 Å². The molecule has 136 valence electrons. The highest BCUT2D eigenvalue weighted by Crippen LogP contribution is 2.40. The van der Waals surface area contributed by atoms with Crippen molar-refractivity contribution in [1.29, 1.82) is 0 Å². The second-order valence-electron chi connectivity index (χ2n) is 7.20. The lowest BCUT2D eigenvalue weighted by Crippen LogP contribution is -2.33. The van der Waals surface area contributed by atoms with Crippen molar-refractivity contribution in [3.63, 3.8) is 0 Å². The Balaban J connectivity index is 1.81. The molecule has 0 radical (unpaired) electrons. The molecule has 0 aromatic carbocycles. The van der Waals surface area contributed by atoms with Gasteiger partial charge in [0.2, 0.25) is 5.88 Å². The Bertz CT molecular complexity index is 907. The van der Waals surface area contributed by atoms with Crippen LogP contribution < -0.4 is 10.5 Å². The van der Waals surface area contributed by atoms with Crippen molar-refractivity contribution >= 4 is 21.6 Å². The van der Waals surface area contributed by atoms with Crippen LogP contribution in [0.1, 0.15) is 37.1 Å². The summed E-state index contributed by atoms with van der Waals surface area (Å²) in [6.45, 7) is 4.68. The third-order valence-corrected chi connectivity index (χ3v) is 6.17. The fourth-order valence-corrected chi connectivity index (χ4v) is 4.48. The zero-order valence-corrected chi connectivity index (χ0v) is 16.1. The van der Waals surface area contributed by atoms with Gasteiger partial charge in [0.05, 0.1) is 5.39 Å². The van der Waals surface area contributed by atoms with Gasteiger partial charge in [-0.3, -0.25) is 4.98 Å². The Morgan fingerprint density at radius 3 is 2.69 bits per heavy atom. The Labute approximate surface area is 157 Å². The summed E-state index contributed by atoms with van der Waals surface area (Å²) in [5.41, 5.74) is 8.53. The zero-order valence-electron chi connectivity index (χ0n) is 15.2. The van der Waals surface area contributed by atoms with Gasteiger partial charge in [-0.05, 0) is 49.3 Å². The molecule has 3 heterocycles. The van der Waals surface area contributed by atoms with Crippen LogP contribution in [0, 0.1) is 5.92 Å². The summed E-state index contributed by atoms with van der Waals surface area (Å²) < 4.78 is 6.14. The topological polar surface area (TPSA) is 73.9 Å². The van der Waals surface area contributed by atoms with Gasteiger partial charge in [-0.25, -0.2) is 4.98 Å². The van der Waals surface area contributed by atoms with E-state index in [4.69, 9.17) is 20.4 Å². The molecule has 3 aromatic rings. The normalized spacial score (nSPS) is 15.2. The van der Waals surface area contributed by atoms with Crippen molar-refractivity contribution < 1.29 is 4.74 Å². The van der Waals surface area contributed by atoms with E-state index in [2.05, 4.69) is 18.8 Å². The standard InChI is InChI=1S/C20H24N4OS/c1-12(2)15(21)11-25-19-17-14-5-3-4-6-16(14)26-20(17)24-18(23-19)13-7-9-22-10-8-13/h7-10,12,15H,3-6,11,21H2,1-2H3. The molecule has 0 amide bonds. The first kappa shape index (κ1) is 17.4. The Morgan fingerprint density at radius 1 is 1.15 bits per heavy atom. The minimum atomic E-state index is -0.0150. The van der Waals surface area contributed by atoms with Gasteiger partial charge in [-0.1, -0.05) is 13.8 Å². The molecule has 1 unspecified atom stereocenters. The first-order valence-electron chi connectivity index (χ1n) is 9.24. The number of aromatic nitrogens is 3. The smallest absolute Gasteiger partial charge is 0.226 e. The van der Waals surface area contributed by atoms with E-state index in [0.717, 1.165) is 28.6 Å². The lowest BCUT2D eigenvalue weighted by atomic mass is 9.97. The van der Waals surface area contributed by atoms with E-state index in [9.17, 15) is 0 Å². The van der Waals surface area contributed by atoms with Gasteiger partial charge < -0.3 is 10.5 Å². The number of fused-ring (bicyclic) bond motifs is 3. The van der Waals surface area contributed by atoms with Crippen molar-refractivity contribution in [2.24, 2.45) is 11.7 Å². The van der Waals surface area contributed by atoms with E-state index in [1.54, 1.807) is 23.7 Å². The summed E-state index contributed by atoms with van der Waals surface area (Å²) >= 11 is 1.79. The summed E-state index contributed by atoms with van der Waals surface area (Å²) in [6.07, 6.45) is 8.20. The van der Waals surface area contributed by atoms with Gasteiger partial charge in [0.25, 0.3) is 0 Å². The third kappa shape index (κ3) is 3.31. The lowest BCUT2D eigenvalue weighted by Gasteiger charge is -2.17. The van der Waals surface area contributed by atoms with Gasteiger partial charge in [-0.2, -0.15) is 4.98 Å². The number of rotatable bonds is 5. The summed E-state index contributed by atoms with van der Waals surface area (Å²) in [5, 5.41) is 1.10. The zero-order chi connectivity index (χ0) is 18.1. The van der Waals surface area contributed by atoms with Crippen LogP contribution in [-0.4, -0.2) is 27.6 Å². The number of hydrogen-bond donors (Lipinski definition) is 1. The molecule has 0 saturated carbocycles. The van der Waals surface area contributed by atoms with Crippen molar-refractivity contribution in [1.82, 2.24) is 15.0 Å². The van der Waals surface area contributed by atoms with E-state index in [-0.39, 0.29) is 6.04 Å². The molecule has 4 rings (SSSR count). The van der Waals surface area contributed by atoms with Gasteiger partial charge in [0.15, 0.2) is 5.82 Å². The average Bonchev–Trinajstić information content (AvgIpc) is 3.05.